The number of guanidine groups is 1. The molecule has 0 aliphatic carbocycles. The van der Waals surface area contributed by atoms with Crippen molar-refractivity contribution in [3.05, 3.63) is 39.6 Å². The summed E-state index contributed by atoms with van der Waals surface area (Å²) in [4.78, 5) is 10.1. The van der Waals surface area contributed by atoms with Gasteiger partial charge >= 0.3 is 0 Å². The minimum atomic E-state index is 0. The largest absolute Gasteiger partial charge is 0.357 e. The number of aromatic nitrogens is 2. The average molecular weight is 433 g/mol. The Bertz CT molecular complexity index is 598. The molecule has 2 rings (SSSR count). The maximum Gasteiger partial charge on any atom is 0.191 e. The second-order valence-corrected chi connectivity index (χ2v) is 6.32. The zero-order valence-corrected chi connectivity index (χ0v) is 16.7. The van der Waals surface area contributed by atoms with Crippen LogP contribution in [0.15, 0.2) is 23.5 Å². The molecule has 0 amide bonds. The molecule has 0 spiro atoms. The number of aryl methyl sites for hydroxylation is 3. The third-order valence-electron chi connectivity index (χ3n) is 3.28. The second-order valence-electron chi connectivity index (χ2n) is 5.04. The number of rotatable bonds is 5. The first-order chi connectivity index (χ1) is 10.1. The number of aliphatic imine (C=N–C) groups is 1. The van der Waals surface area contributed by atoms with Crippen LogP contribution in [0.4, 0.5) is 0 Å². The first-order valence-corrected chi connectivity index (χ1v) is 7.88. The van der Waals surface area contributed by atoms with E-state index < -0.39 is 0 Å². The van der Waals surface area contributed by atoms with E-state index >= 15 is 0 Å². The van der Waals surface area contributed by atoms with Gasteiger partial charge in [-0.1, -0.05) is 0 Å². The van der Waals surface area contributed by atoms with Crippen LogP contribution in [0.5, 0.6) is 0 Å². The van der Waals surface area contributed by atoms with Crippen LogP contribution in [0.25, 0.3) is 0 Å². The summed E-state index contributed by atoms with van der Waals surface area (Å²) >= 11 is 1.77. The number of halogens is 1. The Balaban J connectivity index is 0.00000242. The van der Waals surface area contributed by atoms with Crippen molar-refractivity contribution in [3.63, 3.8) is 0 Å². The predicted molar refractivity (Wildman–Crippen MR) is 104 cm³/mol. The van der Waals surface area contributed by atoms with Crippen molar-refractivity contribution < 1.29 is 0 Å². The van der Waals surface area contributed by atoms with E-state index in [0.717, 1.165) is 31.2 Å². The Morgan fingerprint density at radius 2 is 2.14 bits per heavy atom. The van der Waals surface area contributed by atoms with Gasteiger partial charge in [0.25, 0.3) is 0 Å². The summed E-state index contributed by atoms with van der Waals surface area (Å²) in [7, 11) is 3.81. The highest BCUT2D eigenvalue weighted by Crippen LogP contribution is 2.16. The normalized spacial score (nSPS) is 11.2. The van der Waals surface area contributed by atoms with Gasteiger partial charge in [-0.25, -0.2) is 4.98 Å². The summed E-state index contributed by atoms with van der Waals surface area (Å²) in [5, 5.41) is 7.81. The maximum absolute atomic E-state index is 4.54. The van der Waals surface area contributed by atoms with Crippen LogP contribution in [0.1, 0.15) is 21.1 Å². The Morgan fingerprint density at radius 3 is 2.68 bits per heavy atom. The van der Waals surface area contributed by atoms with Crippen LogP contribution in [0.2, 0.25) is 0 Å². The molecule has 0 saturated carbocycles. The summed E-state index contributed by atoms with van der Waals surface area (Å²) < 4.78 is 2.04. The highest BCUT2D eigenvalue weighted by Gasteiger charge is 2.04. The SMILES string of the molecule is CN=C(NCCc1nc(C)c(C)s1)NCc1ccn(C)c1.I. The van der Waals surface area contributed by atoms with E-state index in [9.17, 15) is 0 Å². The molecule has 0 bridgehead atoms. The fourth-order valence-electron chi connectivity index (χ4n) is 2.01. The second kappa shape index (κ2) is 9.14. The van der Waals surface area contributed by atoms with E-state index in [1.807, 2.05) is 17.8 Å². The number of hydrogen-bond acceptors (Lipinski definition) is 3. The monoisotopic (exact) mass is 433 g/mol. The fraction of sp³-hybridized carbons (Fsp3) is 0.467. The first kappa shape index (κ1) is 19.0. The summed E-state index contributed by atoms with van der Waals surface area (Å²) in [6.07, 6.45) is 5.06. The summed E-state index contributed by atoms with van der Waals surface area (Å²) in [5.74, 6) is 0.823. The molecule has 2 aromatic rings. The lowest BCUT2D eigenvalue weighted by Crippen LogP contribution is -2.37. The molecule has 0 unspecified atom stereocenters. The molecule has 0 saturated heterocycles. The molecule has 0 aliphatic heterocycles. The van der Waals surface area contributed by atoms with E-state index in [4.69, 9.17) is 0 Å². The van der Waals surface area contributed by atoms with Gasteiger partial charge in [0.05, 0.1) is 10.7 Å². The molecule has 122 valence electrons. The third kappa shape index (κ3) is 5.60. The van der Waals surface area contributed by atoms with Gasteiger partial charge in [-0.05, 0) is 25.5 Å². The van der Waals surface area contributed by atoms with Gasteiger partial charge in [0, 0.05) is 50.9 Å². The van der Waals surface area contributed by atoms with Gasteiger partial charge in [-0.3, -0.25) is 4.99 Å². The zero-order valence-electron chi connectivity index (χ0n) is 13.5. The van der Waals surface area contributed by atoms with E-state index in [0.29, 0.717) is 0 Å². The summed E-state index contributed by atoms with van der Waals surface area (Å²) in [6.45, 7) is 5.78. The van der Waals surface area contributed by atoms with E-state index in [-0.39, 0.29) is 24.0 Å². The zero-order chi connectivity index (χ0) is 15.2. The van der Waals surface area contributed by atoms with Crippen LogP contribution < -0.4 is 10.6 Å². The summed E-state index contributed by atoms with van der Waals surface area (Å²) in [5.41, 5.74) is 2.38. The standard InChI is InChI=1S/C15H23N5S.HI/c1-11-12(2)21-14(19-11)5-7-17-15(16-3)18-9-13-6-8-20(4)10-13;/h6,8,10H,5,7,9H2,1-4H3,(H2,16,17,18);1H. The molecule has 2 aromatic heterocycles. The molecule has 0 atom stereocenters. The van der Waals surface area contributed by atoms with Crippen LogP contribution >= 0.6 is 35.3 Å². The predicted octanol–water partition coefficient (Wildman–Crippen LogP) is 2.62. The minimum absolute atomic E-state index is 0. The van der Waals surface area contributed by atoms with E-state index in [2.05, 4.69) is 46.7 Å². The molecule has 0 aliphatic rings. The Hall–Kier alpha value is -1.09. The molecule has 5 nitrogen and oxygen atoms in total. The lowest BCUT2D eigenvalue weighted by molar-refractivity contribution is 0.789. The van der Waals surface area contributed by atoms with Crippen molar-refractivity contribution in [2.24, 2.45) is 12.0 Å². The van der Waals surface area contributed by atoms with Crippen LogP contribution in [-0.4, -0.2) is 29.1 Å². The minimum Gasteiger partial charge on any atom is -0.357 e. The first-order valence-electron chi connectivity index (χ1n) is 7.06. The van der Waals surface area contributed by atoms with Crippen molar-refractivity contribution in [1.29, 1.82) is 0 Å². The lowest BCUT2D eigenvalue weighted by Gasteiger charge is -2.10. The summed E-state index contributed by atoms with van der Waals surface area (Å²) in [6, 6.07) is 2.10. The number of hydrogen-bond donors (Lipinski definition) is 2. The molecule has 2 heterocycles. The van der Waals surface area contributed by atoms with Crippen LogP contribution in [0.3, 0.4) is 0 Å². The van der Waals surface area contributed by atoms with E-state index in [1.165, 1.54) is 15.4 Å². The highest BCUT2D eigenvalue weighted by atomic mass is 127. The van der Waals surface area contributed by atoms with Gasteiger partial charge in [0.1, 0.15) is 0 Å². The van der Waals surface area contributed by atoms with E-state index in [1.54, 1.807) is 18.4 Å². The van der Waals surface area contributed by atoms with Gasteiger partial charge in [0.15, 0.2) is 5.96 Å². The molecule has 7 heteroatoms. The molecule has 0 aromatic carbocycles. The fourth-order valence-corrected chi connectivity index (χ4v) is 2.94. The van der Waals surface area contributed by atoms with Gasteiger partial charge < -0.3 is 15.2 Å². The maximum atomic E-state index is 4.54. The smallest absolute Gasteiger partial charge is 0.191 e. The quantitative estimate of drug-likeness (QED) is 0.433. The Morgan fingerprint density at radius 1 is 1.36 bits per heavy atom. The highest BCUT2D eigenvalue weighted by molar-refractivity contribution is 14.0. The van der Waals surface area contributed by atoms with Crippen molar-refractivity contribution >= 4 is 41.3 Å². The average Bonchev–Trinajstić information content (AvgIpc) is 3.00. The molecule has 2 N–H and O–H groups in total. The van der Waals surface area contributed by atoms with Crippen molar-refractivity contribution in [1.82, 2.24) is 20.2 Å². The molecule has 22 heavy (non-hydrogen) atoms. The topological polar surface area (TPSA) is 54.2 Å². The number of nitrogens with zero attached hydrogens (tertiary/aromatic N) is 3. The van der Waals surface area contributed by atoms with Gasteiger partial charge in [0.2, 0.25) is 0 Å². The third-order valence-corrected chi connectivity index (χ3v) is 4.41. The Kier molecular flexibility index (Phi) is 7.88. The van der Waals surface area contributed by atoms with Gasteiger partial charge in [-0.15, -0.1) is 35.3 Å². The van der Waals surface area contributed by atoms with Crippen LogP contribution in [0, 0.1) is 13.8 Å². The molecular formula is C15H24IN5S. The molecule has 0 radical (unpaired) electrons. The van der Waals surface area contributed by atoms with Crippen molar-refractivity contribution in [2.45, 2.75) is 26.8 Å². The van der Waals surface area contributed by atoms with Crippen molar-refractivity contribution in [3.8, 4) is 0 Å². The molecule has 0 fully saturated rings. The molecular weight excluding hydrogens is 409 g/mol. The number of thiazole rings is 1. The lowest BCUT2D eigenvalue weighted by atomic mass is 10.3. The van der Waals surface area contributed by atoms with Crippen LogP contribution in [-0.2, 0) is 20.0 Å². The van der Waals surface area contributed by atoms with Gasteiger partial charge in [-0.2, -0.15) is 0 Å². The number of nitrogens with one attached hydrogen (secondary N) is 2. The Labute approximate surface area is 153 Å². The van der Waals surface area contributed by atoms with Crippen molar-refractivity contribution in [2.75, 3.05) is 13.6 Å².